The number of halogens is 3. The summed E-state index contributed by atoms with van der Waals surface area (Å²) in [6.45, 7) is 6.69. The predicted molar refractivity (Wildman–Crippen MR) is 170 cm³/mol. The van der Waals surface area contributed by atoms with Crippen LogP contribution in [0.2, 0.25) is 0 Å². The molecule has 2 aliphatic heterocycles. The zero-order valence-electron chi connectivity index (χ0n) is 26.7. The SMILES string of the molecule is CN/C(=C\N=C(/C)N1CCC(C(=O)O)CC1)C(=O)Nc1nc(-c2ccc(OC)c(C(F)(F)F)c2)c(CN2CCCC2(C)COC)s1. The van der Waals surface area contributed by atoms with Gasteiger partial charge in [-0.15, -0.1) is 0 Å². The number of carboxylic acid groups (broad SMARTS) is 1. The van der Waals surface area contributed by atoms with E-state index in [4.69, 9.17) is 9.47 Å². The van der Waals surface area contributed by atoms with Crippen molar-refractivity contribution in [1.29, 1.82) is 0 Å². The first-order valence-corrected chi connectivity index (χ1v) is 15.8. The number of piperidine rings is 1. The molecule has 0 radical (unpaired) electrons. The maximum atomic E-state index is 13.9. The first kappa shape index (κ1) is 35.2. The third-order valence-electron chi connectivity index (χ3n) is 8.59. The first-order valence-electron chi connectivity index (χ1n) is 15.0. The lowest BCUT2D eigenvalue weighted by Crippen LogP contribution is -2.44. The Morgan fingerprint density at radius 2 is 1.96 bits per heavy atom. The van der Waals surface area contributed by atoms with Gasteiger partial charge in [-0.05, 0) is 64.3 Å². The number of amidine groups is 1. The highest BCUT2D eigenvalue weighted by atomic mass is 32.1. The average Bonchev–Trinajstić information content (AvgIpc) is 3.59. The second kappa shape index (κ2) is 14.8. The van der Waals surface area contributed by atoms with Crippen molar-refractivity contribution < 1.29 is 37.3 Å². The third-order valence-corrected chi connectivity index (χ3v) is 9.54. The molecule has 1 atom stereocenters. The fourth-order valence-electron chi connectivity index (χ4n) is 5.90. The van der Waals surface area contributed by atoms with Gasteiger partial charge in [-0.1, -0.05) is 11.3 Å². The van der Waals surface area contributed by atoms with Gasteiger partial charge in [0.25, 0.3) is 5.91 Å². The minimum atomic E-state index is -4.64. The quantitative estimate of drug-likeness (QED) is 0.171. The zero-order valence-corrected chi connectivity index (χ0v) is 27.5. The van der Waals surface area contributed by atoms with Crippen molar-refractivity contribution in [2.24, 2.45) is 10.9 Å². The van der Waals surface area contributed by atoms with Crippen molar-refractivity contribution in [3.05, 3.63) is 40.5 Å². The zero-order chi connectivity index (χ0) is 33.6. The Balaban J connectivity index is 1.62. The molecule has 1 amide bonds. The molecule has 11 nitrogen and oxygen atoms in total. The Hall–Kier alpha value is -3.69. The lowest BCUT2D eigenvalue weighted by molar-refractivity contribution is -0.143. The van der Waals surface area contributed by atoms with Crippen molar-refractivity contribution >= 4 is 34.2 Å². The van der Waals surface area contributed by atoms with Crippen LogP contribution in [0, 0.1) is 5.92 Å². The minimum Gasteiger partial charge on any atom is -0.496 e. The number of nitrogens with zero attached hydrogens (tertiary/aromatic N) is 4. The normalized spacial score (nSPS) is 20.2. The van der Waals surface area contributed by atoms with Gasteiger partial charge in [0.05, 0.1) is 37.1 Å². The topological polar surface area (TPSA) is 129 Å². The molecule has 1 aromatic heterocycles. The summed E-state index contributed by atoms with van der Waals surface area (Å²) in [7, 11) is 4.41. The molecule has 3 heterocycles. The van der Waals surface area contributed by atoms with Crippen LogP contribution in [0.3, 0.4) is 0 Å². The summed E-state index contributed by atoms with van der Waals surface area (Å²) in [5, 5.41) is 15.1. The Bertz CT molecular complexity index is 1470. The van der Waals surface area contributed by atoms with E-state index in [2.05, 4.69) is 32.4 Å². The Morgan fingerprint density at radius 3 is 2.57 bits per heavy atom. The maximum absolute atomic E-state index is 13.9. The second-order valence-corrected chi connectivity index (χ2v) is 12.8. The van der Waals surface area contributed by atoms with Gasteiger partial charge in [0.1, 0.15) is 17.3 Å². The monoisotopic (exact) mass is 666 g/mol. The molecule has 0 bridgehead atoms. The molecular formula is C31H41F3N6O5S. The number of hydrogen-bond donors (Lipinski definition) is 3. The summed E-state index contributed by atoms with van der Waals surface area (Å²) in [5.74, 6) is -1.34. The van der Waals surface area contributed by atoms with E-state index in [1.54, 1.807) is 21.1 Å². The van der Waals surface area contributed by atoms with Gasteiger partial charge in [-0.2, -0.15) is 13.2 Å². The number of rotatable bonds is 11. The second-order valence-electron chi connectivity index (χ2n) is 11.7. The lowest BCUT2D eigenvalue weighted by Gasteiger charge is -2.34. The van der Waals surface area contributed by atoms with Crippen LogP contribution in [-0.2, 0) is 27.0 Å². The smallest absolute Gasteiger partial charge is 0.419 e. The van der Waals surface area contributed by atoms with Crippen molar-refractivity contribution in [2.75, 3.05) is 52.8 Å². The molecule has 15 heteroatoms. The molecule has 0 saturated carbocycles. The molecule has 252 valence electrons. The Kier molecular flexibility index (Phi) is 11.3. The molecule has 3 N–H and O–H groups in total. The molecular weight excluding hydrogens is 625 g/mol. The number of anilines is 1. The van der Waals surface area contributed by atoms with E-state index in [-0.39, 0.29) is 33.6 Å². The van der Waals surface area contributed by atoms with Crippen LogP contribution < -0.4 is 15.4 Å². The molecule has 2 fully saturated rings. The number of thiazole rings is 1. The number of aliphatic carboxylic acids is 1. The van der Waals surface area contributed by atoms with Crippen LogP contribution in [0.5, 0.6) is 5.75 Å². The number of aromatic nitrogens is 1. The standard InChI is InChI=1S/C31H41F3N6O5S/c1-19(39-13-9-20(10-14-39)28(42)43)36-16-23(35-3)27(41)38-29-37-26(21-7-8-24(45-5)22(15-21)31(32,33)34)25(46-29)17-40-12-6-11-30(40,2)18-44-4/h7-8,15-16,20,35H,6,9-14,17-18H2,1-5H3,(H,42,43)(H,37,38,41)/b23-16-,36-19+. The van der Waals surface area contributed by atoms with Gasteiger partial charge >= 0.3 is 12.1 Å². The van der Waals surface area contributed by atoms with E-state index >= 15 is 0 Å². The molecule has 2 aromatic rings. The molecule has 1 unspecified atom stereocenters. The Labute approximate surface area is 270 Å². The number of ether oxygens (including phenoxy) is 2. The summed E-state index contributed by atoms with van der Waals surface area (Å²) in [6.07, 6.45) is -0.360. The van der Waals surface area contributed by atoms with Crippen LogP contribution in [0.15, 0.2) is 35.1 Å². The minimum absolute atomic E-state index is 0.147. The largest absolute Gasteiger partial charge is 0.496 e. The highest BCUT2D eigenvalue weighted by molar-refractivity contribution is 7.16. The number of amides is 1. The summed E-state index contributed by atoms with van der Waals surface area (Å²) < 4.78 is 52.2. The predicted octanol–water partition coefficient (Wildman–Crippen LogP) is 5.05. The van der Waals surface area contributed by atoms with Gasteiger partial charge in [0, 0.05) is 49.8 Å². The third kappa shape index (κ3) is 8.17. The molecule has 0 aliphatic carbocycles. The van der Waals surface area contributed by atoms with E-state index < -0.39 is 23.6 Å². The van der Waals surface area contributed by atoms with Crippen molar-refractivity contribution in [2.45, 2.75) is 57.8 Å². The number of carboxylic acids is 1. The lowest BCUT2D eigenvalue weighted by atomic mass is 9.97. The van der Waals surface area contributed by atoms with Gasteiger partial charge in [0.2, 0.25) is 0 Å². The maximum Gasteiger partial charge on any atom is 0.419 e. The van der Waals surface area contributed by atoms with Crippen LogP contribution >= 0.6 is 11.3 Å². The molecule has 4 rings (SSSR count). The van der Waals surface area contributed by atoms with Crippen molar-refractivity contribution in [3.63, 3.8) is 0 Å². The van der Waals surface area contributed by atoms with Gasteiger partial charge in [0.15, 0.2) is 5.13 Å². The number of methoxy groups -OCH3 is 2. The summed E-state index contributed by atoms with van der Waals surface area (Å²) >= 11 is 1.20. The van der Waals surface area contributed by atoms with Crippen molar-refractivity contribution in [3.8, 4) is 17.0 Å². The van der Waals surface area contributed by atoms with Crippen LogP contribution in [0.1, 0.15) is 50.0 Å². The van der Waals surface area contributed by atoms with E-state index in [0.29, 0.717) is 55.5 Å². The fraction of sp³-hybridized carbons (Fsp3) is 0.548. The van der Waals surface area contributed by atoms with Crippen molar-refractivity contribution in [1.82, 2.24) is 20.1 Å². The Morgan fingerprint density at radius 1 is 1.24 bits per heavy atom. The van der Waals surface area contributed by atoms with Crippen LogP contribution in [0.25, 0.3) is 11.3 Å². The fourth-order valence-corrected chi connectivity index (χ4v) is 6.90. The van der Waals surface area contributed by atoms with Crippen LogP contribution in [-0.4, -0.2) is 90.6 Å². The number of benzene rings is 1. The number of likely N-dealkylation sites (tertiary alicyclic amines) is 2. The molecule has 2 saturated heterocycles. The van der Waals surface area contributed by atoms with E-state index in [1.807, 2.05) is 4.90 Å². The molecule has 46 heavy (non-hydrogen) atoms. The summed E-state index contributed by atoms with van der Waals surface area (Å²) in [6, 6.07) is 3.83. The number of hydrogen-bond acceptors (Lipinski definition) is 9. The highest BCUT2D eigenvalue weighted by Crippen LogP contribution is 2.41. The van der Waals surface area contributed by atoms with Gasteiger partial charge in [-0.25, -0.2) is 9.98 Å². The number of likely N-dealkylation sites (N-methyl/N-ethyl adjacent to an activating group) is 1. The van der Waals surface area contributed by atoms with Gasteiger partial charge in [-0.3, -0.25) is 19.8 Å². The number of alkyl halides is 3. The average molecular weight is 667 g/mol. The molecule has 2 aliphatic rings. The van der Waals surface area contributed by atoms with E-state index in [9.17, 15) is 27.9 Å². The number of carbonyl (C=O) groups is 2. The van der Waals surface area contributed by atoms with Gasteiger partial charge < -0.3 is 24.8 Å². The molecule has 0 spiro atoms. The number of carbonyl (C=O) groups excluding carboxylic acids is 1. The highest BCUT2D eigenvalue weighted by Gasteiger charge is 2.38. The van der Waals surface area contributed by atoms with E-state index in [1.165, 1.54) is 36.8 Å². The summed E-state index contributed by atoms with van der Waals surface area (Å²) in [4.78, 5) is 38.5. The first-order chi connectivity index (χ1) is 21.8. The number of aliphatic imine (C=N–C) groups is 1. The van der Waals surface area contributed by atoms with Crippen LogP contribution in [0.4, 0.5) is 18.3 Å². The van der Waals surface area contributed by atoms with E-state index in [0.717, 1.165) is 25.5 Å². The molecule has 1 aromatic carbocycles. The summed E-state index contributed by atoms with van der Waals surface area (Å²) in [5.41, 5.74) is -0.424. The number of nitrogens with one attached hydrogen (secondary N) is 2.